The van der Waals surface area contributed by atoms with Crippen LogP contribution in [0.25, 0.3) is 0 Å². The van der Waals surface area contributed by atoms with Crippen LogP contribution in [0.1, 0.15) is 43.1 Å². The van der Waals surface area contributed by atoms with Crippen molar-refractivity contribution in [3.63, 3.8) is 0 Å². The number of aromatic nitrogens is 1. The standard InChI is InChI=1S/C14H20FN3O/c1-10-4-2-3-7-14(10,9-16)18-13(19)12-6-5-11(15)8-17-12/h5-6,8,10H,2-4,7,9,16H2,1H3,(H,18,19). The quantitative estimate of drug-likeness (QED) is 0.876. The molecule has 1 amide bonds. The minimum atomic E-state index is -0.448. The van der Waals surface area contributed by atoms with E-state index in [4.69, 9.17) is 5.73 Å². The maximum absolute atomic E-state index is 12.8. The summed E-state index contributed by atoms with van der Waals surface area (Å²) >= 11 is 0. The van der Waals surface area contributed by atoms with Gasteiger partial charge in [0.1, 0.15) is 11.5 Å². The van der Waals surface area contributed by atoms with E-state index in [1.165, 1.54) is 18.6 Å². The van der Waals surface area contributed by atoms with Gasteiger partial charge in [0.15, 0.2) is 0 Å². The largest absolute Gasteiger partial charge is 0.344 e. The van der Waals surface area contributed by atoms with E-state index >= 15 is 0 Å². The van der Waals surface area contributed by atoms with Crippen molar-refractivity contribution in [2.24, 2.45) is 11.7 Å². The number of hydrogen-bond acceptors (Lipinski definition) is 3. The van der Waals surface area contributed by atoms with Crippen LogP contribution >= 0.6 is 0 Å². The fraction of sp³-hybridized carbons (Fsp3) is 0.571. The number of nitrogens with one attached hydrogen (secondary N) is 1. The molecule has 0 bridgehead atoms. The summed E-state index contributed by atoms with van der Waals surface area (Å²) in [7, 11) is 0. The lowest BCUT2D eigenvalue weighted by molar-refractivity contribution is 0.0807. The molecular weight excluding hydrogens is 245 g/mol. The van der Waals surface area contributed by atoms with Crippen molar-refractivity contribution in [3.05, 3.63) is 29.8 Å². The van der Waals surface area contributed by atoms with Gasteiger partial charge in [0, 0.05) is 6.54 Å². The van der Waals surface area contributed by atoms with Crippen molar-refractivity contribution in [1.82, 2.24) is 10.3 Å². The number of carbonyl (C=O) groups is 1. The van der Waals surface area contributed by atoms with Gasteiger partial charge in [-0.1, -0.05) is 19.8 Å². The lowest BCUT2D eigenvalue weighted by Crippen LogP contribution is -2.59. The van der Waals surface area contributed by atoms with Gasteiger partial charge in [0.2, 0.25) is 0 Å². The second-order valence-corrected chi connectivity index (χ2v) is 5.32. The monoisotopic (exact) mass is 265 g/mol. The number of pyridine rings is 1. The first-order valence-electron chi connectivity index (χ1n) is 6.71. The van der Waals surface area contributed by atoms with Crippen LogP contribution < -0.4 is 11.1 Å². The number of rotatable bonds is 3. The Morgan fingerprint density at radius 3 is 2.95 bits per heavy atom. The van der Waals surface area contributed by atoms with Crippen molar-refractivity contribution in [3.8, 4) is 0 Å². The molecule has 1 aromatic heterocycles. The SMILES string of the molecule is CC1CCCCC1(CN)NC(=O)c1ccc(F)cn1. The first-order chi connectivity index (χ1) is 9.07. The summed E-state index contributed by atoms with van der Waals surface area (Å²) in [6.07, 6.45) is 5.24. The molecule has 1 aliphatic carbocycles. The predicted octanol–water partition coefficient (Wildman–Crippen LogP) is 1.86. The summed E-state index contributed by atoms with van der Waals surface area (Å²) in [5.74, 6) is -0.383. The van der Waals surface area contributed by atoms with Gasteiger partial charge in [0.25, 0.3) is 5.91 Å². The highest BCUT2D eigenvalue weighted by Crippen LogP contribution is 2.33. The van der Waals surface area contributed by atoms with Crippen LogP contribution in [0.15, 0.2) is 18.3 Å². The Morgan fingerprint density at radius 1 is 1.58 bits per heavy atom. The second-order valence-electron chi connectivity index (χ2n) is 5.32. The summed E-state index contributed by atoms with van der Waals surface area (Å²) in [5.41, 5.74) is 5.76. The number of hydrogen-bond donors (Lipinski definition) is 2. The molecule has 104 valence electrons. The van der Waals surface area contributed by atoms with Crippen LogP contribution in [0, 0.1) is 11.7 Å². The molecule has 3 N–H and O–H groups in total. The highest BCUT2D eigenvalue weighted by Gasteiger charge is 2.38. The third kappa shape index (κ3) is 2.92. The van der Waals surface area contributed by atoms with Crippen LogP contribution in [-0.4, -0.2) is 23.0 Å². The number of carbonyl (C=O) groups excluding carboxylic acids is 1. The molecule has 19 heavy (non-hydrogen) atoms. The number of nitrogens with zero attached hydrogens (tertiary/aromatic N) is 1. The zero-order valence-corrected chi connectivity index (χ0v) is 11.2. The number of nitrogens with two attached hydrogens (primary N) is 1. The molecule has 0 saturated heterocycles. The van der Waals surface area contributed by atoms with Gasteiger partial charge >= 0.3 is 0 Å². The van der Waals surface area contributed by atoms with Crippen molar-refractivity contribution in [1.29, 1.82) is 0 Å². The lowest BCUT2D eigenvalue weighted by atomic mass is 9.73. The van der Waals surface area contributed by atoms with Crippen LogP contribution in [-0.2, 0) is 0 Å². The third-order valence-corrected chi connectivity index (χ3v) is 4.14. The van der Waals surface area contributed by atoms with Gasteiger partial charge in [-0.3, -0.25) is 4.79 Å². The molecule has 0 spiro atoms. The average Bonchev–Trinajstić information content (AvgIpc) is 2.42. The first kappa shape index (κ1) is 13.9. The van der Waals surface area contributed by atoms with Gasteiger partial charge in [-0.05, 0) is 30.9 Å². The molecule has 0 aliphatic heterocycles. The van der Waals surface area contributed by atoms with Gasteiger partial charge in [0.05, 0.1) is 11.7 Å². The summed E-state index contributed by atoms with van der Waals surface area (Å²) in [5, 5.41) is 3.02. The Balaban J connectivity index is 2.13. The molecule has 0 aromatic carbocycles. The van der Waals surface area contributed by atoms with Gasteiger partial charge in [-0.25, -0.2) is 9.37 Å². The summed E-state index contributed by atoms with van der Waals surface area (Å²) < 4.78 is 12.8. The Hall–Kier alpha value is -1.49. The van der Waals surface area contributed by atoms with Gasteiger partial charge < -0.3 is 11.1 Å². The lowest BCUT2D eigenvalue weighted by Gasteiger charge is -2.42. The van der Waals surface area contributed by atoms with Crippen molar-refractivity contribution >= 4 is 5.91 Å². The summed E-state index contributed by atoms with van der Waals surface area (Å²) in [6.45, 7) is 2.53. The van der Waals surface area contributed by atoms with E-state index < -0.39 is 5.82 Å². The Kier molecular flexibility index (Phi) is 4.14. The molecule has 0 radical (unpaired) electrons. The molecule has 5 heteroatoms. The van der Waals surface area contributed by atoms with Crippen molar-refractivity contribution < 1.29 is 9.18 Å². The highest BCUT2D eigenvalue weighted by molar-refractivity contribution is 5.92. The molecule has 1 aliphatic rings. The number of halogens is 1. The minimum Gasteiger partial charge on any atom is -0.344 e. The highest BCUT2D eigenvalue weighted by atomic mass is 19.1. The molecule has 1 fully saturated rings. The van der Waals surface area contributed by atoms with Crippen LogP contribution in [0.2, 0.25) is 0 Å². The summed E-state index contributed by atoms with van der Waals surface area (Å²) in [4.78, 5) is 16.0. The number of amides is 1. The molecule has 2 unspecified atom stereocenters. The molecule has 1 saturated carbocycles. The zero-order valence-electron chi connectivity index (χ0n) is 11.2. The maximum atomic E-state index is 12.8. The molecule has 4 nitrogen and oxygen atoms in total. The predicted molar refractivity (Wildman–Crippen MR) is 71.1 cm³/mol. The average molecular weight is 265 g/mol. The smallest absolute Gasteiger partial charge is 0.270 e. The van der Waals surface area contributed by atoms with Crippen LogP contribution in [0.5, 0.6) is 0 Å². The Morgan fingerprint density at radius 2 is 2.37 bits per heavy atom. The van der Waals surface area contributed by atoms with E-state index in [-0.39, 0.29) is 17.1 Å². The van der Waals surface area contributed by atoms with E-state index in [1.807, 2.05) is 0 Å². The summed E-state index contributed by atoms with van der Waals surface area (Å²) in [6, 6.07) is 2.63. The van der Waals surface area contributed by atoms with E-state index in [2.05, 4.69) is 17.2 Å². The maximum Gasteiger partial charge on any atom is 0.270 e. The van der Waals surface area contributed by atoms with E-state index in [9.17, 15) is 9.18 Å². The molecule has 1 aromatic rings. The van der Waals surface area contributed by atoms with Gasteiger partial charge in [-0.15, -0.1) is 0 Å². The topological polar surface area (TPSA) is 68.0 Å². The molecule has 1 heterocycles. The van der Waals surface area contributed by atoms with Crippen molar-refractivity contribution in [2.75, 3.05) is 6.54 Å². The fourth-order valence-electron chi connectivity index (χ4n) is 2.75. The van der Waals surface area contributed by atoms with Crippen molar-refractivity contribution in [2.45, 2.75) is 38.1 Å². The van der Waals surface area contributed by atoms with E-state index in [1.54, 1.807) is 0 Å². The van der Waals surface area contributed by atoms with Crippen LogP contribution in [0.3, 0.4) is 0 Å². The van der Waals surface area contributed by atoms with Crippen LogP contribution in [0.4, 0.5) is 4.39 Å². The Labute approximate surface area is 112 Å². The van der Waals surface area contributed by atoms with E-state index in [0.29, 0.717) is 12.5 Å². The van der Waals surface area contributed by atoms with Gasteiger partial charge in [-0.2, -0.15) is 0 Å². The molecule has 2 atom stereocenters. The first-order valence-corrected chi connectivity index (χ1v) is 6.71. The molecular formula is C14H20FN3O. The zero-order chi connectivity index (χ0) is 13.9. The normalized spacial score (nSPS) is 27.0. The molecule has 2 rings (SSSR count). The fourth-order valence-corrected chi connectivity index (χ4v) is 2.75. The third-order valence-electron chi connectivity index (χ3n) is 4.14. The Bertz CT molecular complexity index is 449. The minimum absolute atomic E-state index is 0.229. The second kappa shape index (κ2) is 5.65. The van der Waals surface area contributed by atoms with E-state index in [0.717, 1.165) is 25.5 Å².